The number of nitrogens with one attached hydrogen (secondary N) is 1. The fourth-order valence-corrected chi connectivity index (χ4v) is 1.88. The number of ether oxygens (including phenoxy) is 1. The summed E-state index contributed by atoms with van der Waals surface area (Å²) in [4.78, 5) is 22.7. The van der Waals surface area contributed by atoms with Crippen LogP contribution in [0.1, 0.15) is 25.7 Å². The molecule has 1 N–H and O–H groups in total. The first-order chi connectivity index (χ1) is 8.67. The van der Waals surface area contributed by atoms with Crippen LogP contribution in [0.3, 0.4) is 0 Å². The minimum absolute atomic E-state index is 0.0114. The molecule has 0 aliphatic heterocycles. The monoisotopic (exact) mass is 251 g/mol. The van der Waals surface area contributed by atoms with Gasteiger partial charge in [0.1, 0.15) is 6.54 Å². The standard InChI is InChI=1S/C12H17N3O3/c1-18-12(17)8-15-7-10(6-13-15)14-11(16)5-9-3-2-4-9/h6-7,9H,2-5,8H2,1H3,(H,14,16). The van der Waals surface area contributed by atoms with Crippen LogP contribution in [0.2, 0.25) is 0 Å². The minimum atomic E-state index is -0.370. The number of amides is 1. The van der Waals surface area contributed by atoms with Crippen LogP contribution in [0.15, 0.2) is 12.4 Å². The summed E-state index contributed by atoms with van der Waals surface area (Å²) in [6, 6.07) is 0. The topological polar surface area (TPSA) is 73.2 Å². The number of nitrogens with zero attached hydrogens (tertiary/aromatic N) is 2. The number of hydrogen-bond acceptors (Lipinski definition) is 4. The molecule has 1 aliphatic rings. The zero-order valence-electron chi connectivity index (χ0n) is 10.4. The van der Waals surface area contributed by atoms with Crippen molar-refractivity contribution in [3.8, 4) is 0 Å². The average Bonchev–Trinajstić information content (AvgIpc) is 2.71. The van der Waals surface area contributed by atoms with Crippen LogP contribution in [0.4, 0.5) is 5.69 Å². The van der Waals surface area contributed by atoms with Gasteiger partial charge >= 0.3 is 5.97 Å². The lowest BCUT2D eigenvalue weighted by Crippen LogP contribution is -2.20. The van der Waals surface area contributed by atoms with Crippen molar-refractivity contribution in [2.75, 3.05) is 12.4 Å². The van der Waals surface area contributed by atoms with E-state index in [1.54, 1.807) is 6.20 Å². The second-order valence-corrected chi connectivity index (χ2v) is 4.55. The van der Waals surface area contributed by atoms with Gasteiger partial charge in [-0.15, -0.1) is 0 Å². The van der Waals surface area contributed by atoms with Crippen molar-refractivity contribution in [2.45, 2.75) is 32.2 Å². The average molecular weight is 251 g/mol. The van der Waals surface area contributed by atoms with Gasteiger partial charge in [0.05, 0.1) is 19.0 Å². The number of hydrogen-bond donors (Lipinski definition) is 1. The van der Waals surface area contributed by atoms with Gasteiger partial charge in [0.15, 0.2) is 0 Å². The lowest BCUT2D eigenvalue weighted by Gasteiger charge is -2.24. The Morgan fingerprint density at radius 2 is 2.33 bits per heavy atom. The van der Waals surface area contributed by atoms with Crippen molar-refractivity contribution in [3.63, 3.8) is 0 Å². The van der Waals surface area contributed by atoms with Crippen molar-refractivity contribution in [2.24, 2.45) is 5.92 Å². The molecule has 0 atom stereocenters. The van der Waals surface area contributed by atoms with Gasteiger partial charge in [-0.25, -0.2) is 0 Å². The number of carbonyl (C=O) groups is 2. The van der Waals surface area contributed by atoms with Crippen LogP contribution in [0.25, 0.3) is 0 Å². The Hall–Kier alpha value is -1.85. The van der Waals surface area contributed by atoms with Gasteiger partial charge in [-0.1, -0.05) is 6.42 Å². The van der Waals surface area contributed by atoms with Crippen molar-refractivity contribution < 1.29 is 14.3 Å². The number of methoxy groups -OCH3 is 1. The first-order valence-electron chi connectivity index (χ1n) is 6.06. The van der Waals surface area contributed by atoms with E-state index < -0.39 is 0 Å². The summed E-state index contributed by atoms with van der Waals surface area (Å²) >= 11 is 0. The molecule has 1 fully saturated rings. The Bertz CT molecular complexity index is 438. The molecule has 0 aromatic carbocycles. The summed E-state index contributed by atoms with van der Waals surface area (Å²) in [7, 11) is 1.33. The third-order valence-corrected chi connectivity index (χ3v) is 3.13. The lowest BCUT2D eigenvalue weighted by molar-refractivity contribution is -0.141. The van der Waals surface area contributed by atoms with E-state index in [9.17, 15) is 9.59 Å². The normalized spacial score (nSPS) is 14.9. The molecule has 6 heteroatoms. The molecule has 1 aromatic rings. The van der Waals surface area contributed by atoms with E-state index in [1.807, 2.05) is 0 Å². The summed E-state index contributed by atoms with van der Waals surface area (Å²) in [5.74, 6) is 0.179. The molecular formula is C12H17N3O3. The molecule has 0 unspecified atom stereocenters. The molecule has 1 saturated carbocycles. The molecule has 0 spiro atoms. The van der Waals surface area contributed by atoms with Crippen LogP contribution in [0, 0.1) is 5.92 Å². The Balaban J connectivity index is 1.81. The molecule has 0 radical (unpaired) electrons. The fraction of sp³-hybridized carbons (Fsp3) is 0.583. The zero-order chi connectivity index (χ0) is 13.0. The van der Waals surface area contributed by atoms with E-state index in [-0.39, 0.29) is 18.4 Å². The molecular weight excluding hydrogens is 234 g/mol. The van der Waals surface area contributed by atoms with Crippen molar-refractivity contribution in [3.05, 3.63) is 12.4 Å². The van der Waals surface area contributed by atoms with Crippen LogP contribution in [-0.2, 0) is 20.9 Å². The SMILES string of the molecule is COC(=O)Cn1cc(NC(=O)CC2CCC2)cn1. The molecule has 18 heavy (non-hydrogen) atoms. The van der Waals surface area contributed by atoms with Gasteiger partial charge in [0.2, 0.25) is 5.91 Å². The summed E-state index contributed by atoms with van der Waals surface area (Å²) < 4.78 is 5.97. The Labute approximate surface area is 105 Å². The van der Waals surface area contributed by atoms with E-state index >= 15 is 0 Å². The Morgan fingerprint density at radius 1 is 1.56 bits per heavy atom. The maximum Gasteiger partial charge on any atom is 0.327 e. The second-order valence-electron chi connectivity index (χ2n) is 4.55. The molecule has 98 valence electrons. The van der Waals surface area contributed by atoms with Crippen LogP contribution in [0.5, 0.6) is 0 Å². The highest BCUT2D eigenvalue weighted by Crippen LogP contribution is 2.29. The maximum atomic E-state index is 11.7. The summed E-state index contributed by atoms with van der Waals surface area (Å²) in [6.45, 7) is 0.0506. The zero-order valence-corrected chi connectivity index (χ0v) is 10.4. The summed E-state index contributed by atoms with van der Waals surface area (Å²) in [5.41, 5.74) is 0.614. The minimum Gasteiger partial charge on any atom is -0.468 e. The first kappa shape index (κ1) is 12.6. The van der Waals surface area contributed by atoms with Crippen molar-refractivity contribution in [1.82, 2.24) is 9.78 Å². The largest absolute Gasteiger partial charge is 0.468 e. The molecule has 1 heterocycles. The van der Waals surface area contributed by atoms with Crippen molar-refractivity contribution in [1.29, 1.82) is 0 Å². The Morgan fingerprint density at radius 3 is 2.94 bits per heavy atom. The molecule has 2 rings (SSSR count). The first-order valence-corrected chi connectivity index (χ1v) is 6.06. The smallest absolute Gasteiger partial charge is 0.327 e. The van der Waals surface area contributed by atoms with Gasteiger partial charge in [-0.05, 0) is 18.8 Å². The molecule has 1 amide bonds. The van der Waals surface area contributed by atoms with Crippen LogP contribution in [-0.4, -0.2) is 28.8 Å². The third kappa shape index (κ3) is 3.32. The highest BCUT2D eigenvalue weighted by Gasteiger charge is 2.20. The Kier molecular flexibility index (Phi) is 3.96. The number of esters is 1. The molecule has 0 bridgehead atoms. The molecule has 0 saturated heterocycles. The number of carbonyl (C=O) groups excluding carboxylic acids is 2. The van der Waals surface area contributed by atoms with Gasteiger partial charge in [0, 0.05) is 12.6 Å². The quantitative estimate of drug-likeness (QED) is 0.798. The summed E-state index contributed by atoms with van der Waals surface area (Å²) in [5, 5.41) is 6.75. The predicted molar refractivity (Wildman–Crippen MR) is 64.8 cm³/mol. The maximum absolute atomic E-state index is 11.7. The van der Waals surface area contributed by atoms with E-state index in [2.05, 4.69) is 15.2 Å². The highest BCUT2D eigenvalue weighted by molar-refractivity contribution is 5.90. The van der Waals surface area contributed by atoms with Gasteiger partial charge < -0.3 is 10.1 Å². The number of aromatic nitrogens is 2. The van der Waals surface area contributed by atoms with Gasteiger partial charge in [-0.2, -0.15) is 5.10 Å². The van der Waals surface area contributed by atoms with E-state index in [1.165, 1.54) is 24.4 Å². The second kappa shape index (κ2) is 5.66. The molecule has 6 nitrogen and oxygen atoms in total. The van der Waals surface area contributed by atoms with Gasteiger partial charge in [0.25, 0.3) is 0 Å². The highest BCUT2D eigenvalue weighted by atomic mass is 16.5. The van der Waals surface area contributed by atoms with Crippen molar-refractivity contribution >= 4 is 17.6 Å². The fourth-order valence-electron chi connectivity index (χ4n) is 1.88. The van der Waals surface area contributed by atoms with E-state index in [0.717, 1.165) is 12.8 Å². The third-order valence-electron chi connectivity index (χ3n) is 3.13. The molecule has 1 aliphatic carbocycles. The van der Waals surface area contributed by atoms with Crippen LogP contribution >= 0.6 is 0 Å². The summed E-state index contributed by atoms with van der Waals surface area (Å²) in [6.07, 6.45) is 7.25. The molecule has 1 aromatic heterocycles. The van der Waals surface area contributed by atoms with E-state index in [0.29, 0.717) is 18.0 Å². The van der Waals surface area contributed by atoms with E-state index in [4.69, 9.17) is 0 Å². The van der Waals surface area contributed by atoms with Gasteiger partial charge in [-0.3, -0.25) is 14.3 Å². The number of anilines is 1. The van der Waals surface area contributed by atoms with Crippen LogP contribution < -0.4 is 5.32 Å². The number of rotatable bonds is 5. The lowest BCUT2D eigenvalue weighted by atomic mass is 9.83. The predicted octanol–water partition coefficient (Wildman–Crippen LogP) is 1.18.